The molecule has 0 bridgehead atoms. The first-order valence-electron chi connectivity index (χ1n) is 7.41. The molecule has 0 unspecified atom stereocenters. The molecule has 1 heterocycles. The van der Waals surface area contributed by atoms with E-state index in [2.05, 4.69) is 51.0 Å². The molecule has 1 aliphatic carbocycles. The van der Waals surface area contributed by atoms with Gasteiger partial charge in [-0.3, -0.25) is 4.98 Å². The normalized spacial score (nSPS) is 22.4. The molecular formula is C17H28N2. The molecule has 0 atom stereocenters. The first kappa shape index (κ1) is 14.5. The highest BCUT2D eigenvalue weighted by atomic mass is 14.9. The molecule has 1 N–H and O–H groups in total. The van der Waals surface area contributed by atoms with Crippen LogP contribution in [0.3, 0.4) is 0 Å². The van der Waals surface area contributed by atoms with E-state index in [-0.39, 0.29) is 0 Å². The molecule has 1 aromatic heterocycles. The fourth-order valence-electron chi connectivity index (χ4n) is 3.93. The summed E-state index contributed by atoms with van der Waals surface area (Å²) >= 11 is 0. The Bertz CT molecular complexity index is 419. The summed E-state index contributed by atoms with van der Waals surface area (Å²) in [6, 6.07) is 4.75. The standard InChI is InChI=1S/C17H28N2/c1-13-7-6-8-18-15(13)11-19-14-9-16(2,3)12-17(4,5)10-14/h6-8,14,19H,9-12H2,1-5H3. The van der Waals surface area contributed by atoms with Gasteiger partial charge in [-0.15, -0.1) is 0 Å². The Kier molecular flexibility index (Phi) is 4.00. The van der Waals surface area contributed by atoms with Gasteiger partial charge in [0.15, 0.2) is 0 Å². The minimum atomic E-state index is 0.443. The van der Waals surface area contributed by atoms with Crippen LogP contribution in [-0.2, 0) is 6.54 Å². The van der Waals surface area contributed by atoms with Gasteiger partial charge in [-0.1, -0.05) is 33.8 Å². The fraction of sp³-hybridized carbons (Fsp3) is 0.706. The molecule has 2 heteroatoms. The second kappa shape index (κ2) is 5.24. The summed E-state index contributed by atoms with van der Waals surface area (Å²) in [5.74, 6) is 0. The number of pyridine rings is 1. The van der Waals surface area contributed by atoms with Crippen LogP contribution in [0.1, 0.15) is 58.2 Å². The largest absolute Gasteiger partial charge is 0.308 e. The molecule has 1 aromatic rings. The highest BCUT2D eigenvalue weighted by Crippen LogP contribution is 2.45. The van der Waals surface area contributed by atoms with E-state index in [1.165, 1.54) is 30.5 Å². The van der Waals surface area contributed by atoms with Gasteiger partial charge in [-0.05, 0) is 48.6 Å². The minimum Gasteiger partial charge on any atom is -0.308 e. The summed E-state index contributed by atoms with van der Waals surface area (Å²) in [5.41, 5.74) is 3.35. The molecule has 1 saturated carbocycles. The molecule has 0 radical (unpaired) electrons. The Labute approximate surface area is 118 Å². The van der Waals surface area contributed by atoms with E-state index in [0.717, 1.165) is 6.54 Å². The smallest absolute Gasteiger partial charge is 0.0570 e. The predicted octanol–water partition coefficient (Wildman–Crippen LogP) is 4.08. The minimum absolute atomic E-state index is 0.443. The molecule has 2 rings (SSSR count). The molecular weight excluding hydrogens is 232 g/mol. The lowest BCUT2D eigenvalue weighted by atomic mass is 9.63. The first-order chi connectivity index (χ1) is 8.77. The van der Waals surface area contributed by atoms with Gasteiger partial charge in [0, 0.05) is 18.8 Å². The number of hydrogen-bond donors (Lipinski definition) is 1. The Morgan fingerprint density at radius 3 is 2.42 bits per heavy atom. The van der Waals surface area contributed by atoms with Crippen molar-refractivity contribution in [1.29, 1.82) is 0 Å². The topological polar surface area (TPSA) is 24.9 Å². The molecule has 0 saturated heterocycles. The van der Waals surface area contributed by atoms with Crippen molar-refractivity contribution in [3.05, 3.63) is 29.6 Å². The lowest BCUT2D eigenvalue weighted by Crippen LogP contribution is -2.43. The van der Waals surface area contributed by atoms with Gasteiger partial charge in [0.2, 0.25) is 0 Å². The monoisotopic (exact) mass is 260 g/mol. The maximum atomic E-state index is 4.47. The third kappa shape index (κ3) is 4.04. The molecule has 2 nitrogen and oxygen atoms in total. The van der Waals surface area contributed by atoms with Crippen LogP contribution in [0.15, 0.2) is 18.3 Å². The fourth-order valence-corrected chi connectivity index (χ4v) is 3.93. The van der Waals surface area contributed by atoms with Crippen molar-refractivity contribution in [3.63, 3.8) is 0 Å². The van der Waals surface area contributed by atoms with E-state index in [9.17, 15) is 0 Å². The summed E-state index contributed by atoms with van der Waals surface area (Å²) in [4.78, 5) is 4.47. The van der Waals surface area contributed by atoms with Gasteiger partial charge in [0.05, 0.1) is 5.69 Å². The predicted molar refractivity (Wildman–Crippen MR) is 81.0 cm³/mol. The van der Waals surface area contributed by atoms with Crippen LogP contribution in [0.25, 0.3) is 0 Å². The van der Waals surface area contributed by atoms with Crippen molar-refractivity contribution in [3.8, 4) is 0 Å². The van der Waals surface area contributed by atoms with Crippen LogP contribution in [0, 0.1) is 17.8 Å². The number of aromatic nitrogens is 1. The number of rotatable bonds is 3. The van der Waals surface area contributed by atoms with Crippen molar-refractivity contribution < 1.29 is 0 Å². The van der Waals surface area contributed by atoms with Gasteiger partial charge < -0.3 is 5.32 Å². The SMILES string of the molecule is Cc1cccnc1CNC1CC(C)(C)CC(C)(C)C1. The Morgan fingerprint density at radius 2 is 1.84 bits per heavy atom. The third-order valence-electron chi connectivity index (χ3n) is 4.23. The van der Waals surface area contributed by atoms with Crippen LogP contribution >= 0.6 is 0 Å². The summed E-state index contributed by atoms with van der Waals surface area (Å²) in [7, 11) is 0. The third-order valence-corrected chi connectivity index (χ3v) is 4.23. The maximum absolute atomic E-state index is 4.47. The van der Waals surface area contributed by atoms with E-state index in [1.54, 1.807) is 0 Å². The molecule has 0 aliphatic heterocycles. The zero-order valence-corrected chi connectivity index (χ0v) is 13.1. The number of nitrogens with zero attached hydrogens (tertiary/aromatic N) is 1. The van der Waals surface area contributed by atoms with Gasteiger partial charge in [0.25, 0.3) is 0 Å². The van der Waals surface area contributed by atoms with Crippen molar-refractivity contribution >= 4 is 0 Å². The zero-order chi connectivity index (χ0) is 14.1. The quantitative estimate of drug-likeness (QED) is 0.885. The number of nitrogens with one attached hydrogen (secondary N) is 1. The van der Waals surface area contributed by atoms with E-state index in [1.807, 2.05) is 12.3 Å². The van der Waals surface area contributed by atoms with Crippen LogP contribution < -0.4 is 5.32 Å². The molecule has 1 aliphatic rings. The van der Waals surface area contributed by atoms with Crippen molar-refractivity contribution in [2.75, 3.05) is 0 Å². The number of hydrogen-bond acceptors (Lipinski definition) is 2. The molecule has 106 valence electrons. The zero-order valence-electron chi connectivity index (χ0n) is 13.1. The van der Waals surface area contributed by atoms with Gasteiger partial charge in [0.1, 0.15) is 0 Å². The summed E-state index contributed by atoms with van der Waals surface area (Å²) in [6.07, 6.45) is 5.74. The Morgan fingerprint density at radius 1 is 1.21 bits per heavy atom. The van der Waals surface area contributed by atoms with E-state index in [4.69, 9.17) is 0 Å². The van der Waals surface area contributed by atoms with Crippen molar-refractivity contribution in [2.24, 2.45) is 10.8 Å². The average molecular weight is 260 g/mol. The maximum Gasteiger partial charge on any atom is 0.0570 e. The summed E-state index contributed by atoms with van der Waals surface area (Å²) in [5, 5.41) is 3.73. The average Bonchev–Trinajstić information content (AvgIpc) is 2.23. The van der Waals surface area contributed by atoms with Crippen LogP contribution in [0.4, 0.5) is 0 Å². The van der Waals surface area contributed by atoms with E-state index >= 15 is 0 Å². The molecule has 0 spiro atoms. The van der Waals surface area contributed by atoms with Crippen LogP contribution in [0.5, 0.6) is 0 Å². The molecule has 0 amide bonds. The Hall–Kier alpha value is -0.890. The van der Waals surface area contributed by atoms with E-state index in [0.29, 0.717) is 16.9 Å². The number of aryl methyl sites for hydroxylation is 1. The van der Waals surface area contributed by atoms with Crippen LogP contribution in [-0.4, -0.2) is 11.0 Å². The van der Waals surface area contributed by atoms with Crippen molar-refractivity contribution in [1.82, 2.24) is 10.3 Å². The van der Waals surface area contributed by atoms with Gasteiger partial charge >= 0.3 is 0 Å². The highest BCUT2D eigenvalue weighted by molar-refractivity contribution is 5.17. The first-order valence-corrected chi connectivity index (χ1v) is 7.41. The molecule has 1 fully saturated rings. The summed E-state index contributed by atoms with van der Waals surface area (Å²) < 4.78 is 0. The molecule has 19 heavy (non-hydrogen) atoms. The van der Waals surface area contributed by atoms with Gasteiger partial charge in [-0.25, -0.2) is 0 Å². The summed E-state index contributed by atoms with van der Waals surface area (Å²) in [6.45, 7) is 12.6. The van der Waals surface area contributed by atoms with Crippen LogP contribution in [0.2, 0.25) is 0 Å². The highest BCUT2D eigenvalue weighted by Gasteiger charge is 2.38. The molecule has 0 aromatic carbocycles. The van der Waals surface area contributed by atoms with Crippen molar-refractivity contribution in [2.45, 2.75) is 66.5 Å². The Balaban J connectivity index is 1.98. The van der Waals surface area contributed by atoms with Gasteiger partial charge in [-0.2, -0.15) is 0 Å². The van der Waals surface area contributed by atoms with E-state index < -0.39 is 0 Å². The second-order valence-electron chi connectivity index (χ2n) is 7.76. The lowest BCUT2D eigenvalue weighted by Gasteiger charge is -2.45. The second-order valence-corrected chi connectivity index (χ2v) is 7.76. The lowest BCUT2D eigenvalue weighted by molar-refractivity contribution is 0.0843.